The van der Waals surface area contributed by atoms with E-state index in [1.165, 1.54) is 0 Å². The number of hydrogen-bond acceptors (Lipinski definition) is 5. The Bertz CT molecular complexity index is 342. The monoisotopic (exact) mass is 270 g/mol. The van der Waals surface area contributed by atoms with E-state index >= 15 is 0 Å². The van der Waals surface area contributed by atoms with E-state index in [4.69, 9.17) is 10.0 Å². The lowest BCUT2D eigenvalue weighted by atomic mass is 9.77. The lowest BCUT2D eigenvalue weighted by Gasteiger charge is -2.30. The molecule has 0 amide bonds. The number of nitrogens with zero attached hydrogens (tertiary/aromatic N) is 1. The molecule has 0 saturated carbocycles. The summed E-state index contributed by atoms with van der Waals surface area (Å²) >= 11 is 0. The minimum Gasteiger partial charge on any atom is -0.480 e. The van der Waals surface area contributed by atoms with Crippen LogP contribution < -0.4 is 5.32 Å². The van der Waals surface area contributed by atoms with Crippen molar-refractivity contribution in [1.29, 1.82) is 0 Å². The molecular formula is C12H23BN2O4. The molecule has 2 rings (SSSR count). The van der Waals surface area contributed by atoms with Gasteiger partial charge in [0.1, 0.15) is 5.54 Å². The van der Waals surface area contributed by atoms with Crippen molar-refractivity contribution in [1.82, 2.24) is 10.2 Å². The number of aliphatic carboxylic acids is 1. The first-order valence-electron chi connectivity index (χ1n) is 7.02. The van der Waals surface area contributed by atoms with Gasteiger partial charge in [-0.3, -0.25) is 4.79 Å². The number of carboxylic acids is 1. The smallest absolute Gasteiger partial charge is 0.451 e. The molecule has 0 bridgehead atoms. The maximum atomic E-state index is 11.7. The van der Waals surface area contributed by atoms with Crippen LogP contribution in [0, 0.1) is 5.92 Å². The van der Waals surface area contributed by atoms with Crippen LogP contribution in [0.25, 0.3) is 0 Å². The van der Waals surface area contributed by atoms with Crippen LogP contribution in [0.5, 0.6) is 0 Å². The SMILES string of the molecule is CN1CC[C@H]2[C@@H]1CN[C@@]2(CCCCB(O)O)C(=O)O. The molecule has 0 aromatic carbocycles. The molecule has 2 aliphatic heterocycles. The molecule has 108 valence electrons. The molecule has 0 unspecified atom stereocenters. The number of carboxylic acid groups (broad SMARTS) is 1. The first-order chi connectivity index (χ1) is 8.97. The number of likely N-dealkylation sites (N-methyl/N-ethyl adjacent to an activating group) is 1. The van der Waals surface area contributed by atoms with Crippen LogP contribution in [0.15, 0.2) is 0 Å². The molecule has 2 fully saturated rings. The number of rotatable bonds is 6. The number of nitrogens with one attached hydrogen (secondary N) is 1. The van der Waals surface area contributed by atoms with Crippen molar-refractivity contribution in [2.75, 3.05) is 20.1 Å². The number of carbonyl (C=O) groups is 1. The van der Waals surface area contributed by atoms with Crippen LogP contribution >= 0.6 is 0 Å². The van der Waals surface area contributed by atoms with E-state index in [-0.39, 0.29) is 5.92 Å². The second-order valence-corrected chi connectivity index (χ2v) is 5.83. The van der Waals surface area contributed by atoms with Gasteiger partial charge >= 0.3 is 13.1 Å². The number of hydrogen-bond donors (Lipinski definition) is 4. The Morgan fingerprint density at radius 2 is 2.21 bits per heavy atom. The summed E-state index contributed by atoms with van der Waals surface area (Å²) in [5.41, 5.74) is -0.824. The highest BCUT2D eigenvalue weighted by molar-refractivity contribution is 6.40. The summed E-state index contributed by atoms with van der Waals surface area (Å²) in [6, 6.07) is 0.319. The fourth-order valence-electron chi connectivity index (χ4n) is 3.64. The van der Waals surface area contributed by atoms with Gasteiger partial charge in [0.2, 0.25) is 0 Å². The van der Waals surface area contributed by atoms with Gasteiger partial charge in [-0.1, -0.05) is 12.8 Å². The Balaban J connectivity index is 1.97. The minimum absolute atomic E-state index is 0.161. The number of likely N-dealkylation sites (tertiary alicyclic amines) is 1. The van der Waals surface area contributed by atoms with Crippen molar-refractivity contribution in [2.45, 2.75) is 43.6 Å². The predicted molar refractivity (Wildman–Crippen MR) is 71.7 cm³/mol. The Labute approximate surface area is 113 Å². The van der Waals surface area contributed by atoms with Gasteiger partial charge in [0.25, 0.3) is 0 Å². The molecule has 0 aliphatic carbocycles. The fourth-order valence-corrected chi connectivity index (χ4v) is 3.64. The molecule has 7 heteroatoms. The fraction of sp³-hybridized carbons (Fsp3) is 0.917. The minimum atomic E-state index is -1.29. The van der Waals surface area contributed by atoms with Gasteiger partial charge < -0.3 is 25.4 Å². The van der Waals surface area contributed by atoms with Crippen LogP contribution in [0.1, 0.15) is 25.7 Å². The van der Waals surface area contributed by atoms with Crippen molar-refractivity contribution < 1.29 is 19.9 Å². The van der Waals surface area contributed by atoms with Gasteiger partial charge in [-0.2, -0.15) is 0 Å². The largest absolute Gasteiger partial charge is 0.480 e. The molecule has 2 saturated heterocycles. The highest BCUT2D eigenvalue weighted by Gasteiger charge is 2.56. The predicted octanol–water partition coefficient (Wildman–Crippen LogP) is -0.624. The Morgan fingerprint density at radius 1 is 1.47 bits per heavy atom. The summed E-state index contributed by atoms with van der Waals surface area (Å²) in [6.07, 6.45) is 3.13. The summed E-state index contributed by atoms with van der Waals surface area (Å²) in [5, 5.41) is 30.5. The third-order valence-corrected chi connectivity index (χ3v) is 4.75. The average molecular weight is 270 g/mol. The molecule has 0 spiro atoms. The maximum absolute atomic E-state index is 11.7. The van der Waals surface area contributed by atoms with Gasteiger partial charge in [-0.25, -0.2) is 0 Å². The van der Waals surface area contributed by atoms with Crippen LogP contribution in [-0.4, -0.2) is 64.9 Å². The van der Waals surface area contributed by atoms with E-state index in [0.717, 1.165) is 19.5 Å². The topological polar surface area (TPSA) is 93.0 Å². The van der Waals surface area contributed by atoms with Crippen molar-refractivity contribution in [3.8, 4) is 0 Å². The highest BCUT2D eigenvalue weighted by atomic mass is 16.4. The second kappa shape index (κ2) is 5.79. The van der Waals surface area contributed by atoms with E-state index in [0.29, 0.717) is 31.6 Å². The van der Waals surface area contributed by atoms with Crippen molar-refractivity contribution in [3.63, 3.8) is 0 Å². The zero-order chi connectivity index (χ0) is 14.0. The van der Waals surface area contributed by atoms with E-state index in [2.05, 4.69) is 10.2 Å². The van der Waals surface area contributed by atoms with Gasteiger partial charge in [-0.15, -0.1) is 0 Å². The molecule has 3 atom stereocenters. The maximum Gasteiger partial charge on any atom is 0.451 e. The molecule has 2 heterocycles. The van der Waals surface area contributed by atoms with Crippen LogP contribution in [0.4, 0.5) is 0 Å². The lowest BCUT2D eigenvalue weighted by Crippen LogP contribution is -2.52. The third-order valence-electron chi connectivity index (χ3n) is 4.75. The Hall–Kier alpha value is -0.625. The molecular weight excluding hydrogens is 247 g/mol. The van der Waals surface area contributed by atoms with E-state index in [1.54, 1.807) is 0 Å². The average Bonchev–Trinajstić information content (AvgIpc) is 2.87. The molecule has 6 nitrogen and oxygen atoms in total. The zero-order valence-electron chi connectivity index (χ0n) is 11.4. The summed E-state index contributed by atoms with van der Waals surface area (Å²) in [4.78, 5) is 14.0. The highest BCUT2D eigenvalue weighted by Crippen LogP contribution is 2.40. The summed E-state index contributed by atoms with van der Waals surface area (Å²) in [5.74, 6) is -0.603. The Morgan fingerprint density at radius 3 is 2.84 bits per heavy atom. The molecule has 19 heavy (non-hydrogen) atoms. The summed E-state index contributed by atoms with van der Waals surface area (Å²) in [6.45, 7) is 1.69. The Kier molecular flexibility index (Phi) is 4.50. The first-order valence-corrected chi connectivity index (χ1v) is 7.02. The number of unbranched alkanes of at least 4 members (excludes halogenated alkanes) is 1. The summed E-state index contributed by atoms with van der Waals surface area (Å²) in [7, 11) is 0.759. The summed E-state index contributed by atoms with van der Waals surface area (Å²) < 4.78 is 0. The van der Waals surface area contributed by atoms with Gasteiger partial charge in [-0.05, 0) is 32.8 Å². The molecule has 2 aliphatic rings. The van der Waals surface area contributed by atoms with Crippen molar-refractivity contribution >= 4 is 13.1 Å². The van der Waals surface area contributed by atoms with Crippen molar-refractivity contribution in [2.24, 2.45) is 5.92 Å². The molecule has 4 N–H and O–H groups in total. The van der Waals surface area contributed by atoms with Crippen LogP contribution in [0.2, 0.25) is 6.32 Å². The second-order valence-electron chi connectivity index (χ2n) is 5.83. The molecule has 0 aromatic heterocycles. The van der Waals surface area contributed by atoms with E-state index in [1.807, 2.05) is 7.05 Å². The quantitative estimate of drug-likeness (QED) is 0.379. The van der Waals surface area contributed by atoms with Gasteiger partial charge in [0.05, 0.1) is 0 Å². The standard InChI is InChI=1S/C12H23BN2O4/c1-15-7-4-9-10(15)8-14-12(9,11(16)17)5-2-3-6-13(18)19/h9-10,14,18-19H,2-8H2,1H3,(H,16,17)/t9-,10-,12+/m0/s1. The normalized spacial score (nSPS) is 34.5. The van der Waals surface area contributed by atoms with Crippen molar-refractivity contribution in [3.05, 3.63) is 0 Å². The van der Waals surface area contributed by atoms with Crippen LogP contribution in [0.3, 0.4) is 0 Å². The molecule has 0 radical (unpaired) electrons. The zero-order valence-corrected chi connectivity index (χ0v) is 11.4. The van der Waals surface area contributed by atoms with Gasteiger partial charge in [0, 0.05) is 18.5 Å². The van der Waals surface area contributed by atoms with Crippen LogP contribution in [-0.2, 0) is 4.79 Å². The number of fused-ring (bicyclic) bond motifs is 1. The molecule has 0 aromatic rings. The van der Waals surface area contributed by atoms with E-state index < -0.39 is 18.6 Å². The van der Waals surface area contributed by atoms with Gasteiger partial charge in [0.15, 0.2) is 0 Å². The first kappa shape index (κ1) is 14.8. The lowest BCUT2D eigenvalue weighted by molar-refractivity contribution is -0.146. The third kappa shape index (κ3) is 2.79. The van der Waals surface area contributed by atoms with E-state index in [9.17, 15) is 9.90 Å².